The second-order valence-corrected chi connectivity index (χ2v) is 3.76. The predicted molar refractivity (Wildman–Crippen MR) is 65.2 cm³/mol. The monoisotopic (exact) mass is 214 g/mol. The summed E-state index contributed by atoms with van der Waals surface area (Å²) < 4.78 is 0. The van der Waals surface area contributed by atoms with Gasteiger partial charge in [-0.25, -0.2) is 4.84 Å². The van der Waals surface area contributed by atoms with Gasteiger partial charge in [-0.15, -0.1) is 0 Å². The number of rotatable bonds is 3. The van der Waals surface area contributed by atoms with E-state index in [2.05, 4.69) is 49.4 Å². The lowest BCUT2D eigenvalue weighted by Crippen LogP contribution is -2.76. The maximum absolute atomic E-state index is 5.10. The van der Waals surface area contributed by atoms with Crippen molar-refractivity contribution in [1.82, 2.24) is 0 Å². The minimum absolute atomic E-state index is 1.11. The van der Waals surface area contributed by atoms with Gasteiger partial charge in [0.2, 0.25) is 0 Å². The molecule has 0 aromatic heterocycles. The van der Waals surface area contributed by atoms with Gasteiger partial charge < -0.3 is 0 Å². The van der Waals surface area contributed by atoms with Crippen LogP contribution in [0, 0.1) is 6.92 Å². The Morgan fingerprint density at radius 3 is 2.19 bits per heavy atom. The van der Waals surface area contributed by atoms with Gasteiger partial charge in [-0.05, 0) is 24.1 Å². The van der Waals surface area contributed by atoms with Crippen LogP contribution in [-0.2, 0) is 4.84 Å². The lowest BCUT2D eigenvalue weighted by molar-refractivity contribution is -0.829. The van der Waals surface area contributed by atoms with Crippen LogP contribution < -0.4 is 5.48 Å². The molecule has 0 atom stereocenters. The molecule has 2 aromatic rings. The van der Waals surface area contributed by atoms with Crippen molar-refractivity contribution >= 4 is 5.69 Å². The summed E-state index contributed by atoms with van der Waals surface area (Å²) in [6, 6.07) is 16.6. The summed E-state index contributed by atoms with van der Waals surface area (Å²) >= 11 is 0. The van der Waals surface area contributed by atoms with Crippen molar-refractivity contribution in [3.8, 4) is 11.1 Å². The first kappa shape index (κ1) is 10.9. The zero-order valence-electron chi connectivity index (χ0n) is 9.60. The molecule has 2 rings (SSSR count). The first-order valence-electron chi connectivity index (χ1n) is 5.34. The minimum atomic E-state index is 1.11. The average Bonchev–Trinajstić information content (AvgIpc) is 2.31. The summed E-state index contributed by atoms with van der Waals surface area (Å²) in [5.41, 5.74) is 6.63. The summed E-state index contributed by atoms with van der Waals surface area (Å²) in [6.45, 7) is 2.12. The van der Waals surface area contributed by atoms with E-state index in [4.69, 9.17) is 4.84 Å². The predicted octanol–water partition coefficient (Wildman–Crippen LogP) is 2.42. The maximum Gasteiger partial charge on any atom is 0.169 e. The van der Waals surface area contributed by atoms with E-state index < -0.39 is 0 Å². The van der Waals surface area contributed by atoms with E-state index in [-0.39, 0.29) is 0 Å². The Hall–Kier alpha value is -1.64. The lowest BCUT2D eigenvalue weighted by Gasteiger charge is -2.08. The Balaban J connectivity index is 2.51. The van der Waals surface area contributed by atoms with Gasteiger partial charge in [0.05, 0.1) is 7.11 Å². The third-order valence-electron chi connectivity index (χ3n) is 2.64. The van der Waals surface area contributed by atoms with Crippen LogP contribution >= 0.6 is 0 Å². The Bertz CT molecular complexity index is 480. The molecule has 0 radical (unpaired) electrons. The summed E-state index contributed by atoms with van der Waals surface area (Å²) in [4.78, 5) is 5.10. The molecule has 2 heteroatoms. The largest absolute Gasteiger partial charge is 0.204 e. The van der Waals surface area contributed by atoms with E-state index in [0.29, 0.717) is 0 Å². The number of hydrogen-bond donors (Lipinski definition) is 1. The van der Waals surface area contributed by atoms with Crippen molar-refractivity contribution in [1.29, 1.82) is 0 Å². The first-order chi connectivity index (χ1) is 7.83. The summed E-state index contributed by atoms with van der Waals surface area (Å²) in [6.07, 6.45) is 0. The van der Waals surface area contributed by atoms with Crippen molar-refractivity contribution in [2.75, 3.05) is 7.11 Å². The van der Waals surface area contributed by atoms with Crippen LogP contribution in [0.15, 0.2) is 48.5 Å². The van der Waals surface area contributed by atoms with E-state index in [1.807, 2.05) is 6.07 Å². The van der Waals surface area contributed by atoms with Crippen molar-refractivity contribution in [2.24, 2.45) is 0 Å². The van der Waals surface area contributed by atoms with Crippen molar-refractivity contribution in [3.63, 3.8) is 0 Å². The molecule has 16 heavy (non-hydrogen) atoms. The Morgan fingerprint density at radius 2 is 1.50 bits per heavy atom. The molecule has 82 valence electrons. The zero-order valence-corrected chi connectivity index (χ0v) is 9.60. The second-order valence-electron chi connectivity index (χ2n) is 3.76. The molecule has 0 fully saturated rings. The van der Waals surface area contributed by atoms with Crippen molar-refractivity contribution < 1.29 is 10.3 Å². The smallest absolute Gasteiger partial charge is 0.169 e. The number of aryl methyl sites for hydroxylation is 1. The molecular weight excluding hydrogens is 198 g/mol. The van der Waals surface area contributed by atoms with E-state index in [0.717, 1.165) is 5.69 Å². The number of benzene rings is 2. The first-order valence-corrected chi connectivity index (χ1v) is 5.34. The van der Waals surface area contributed by atoms with Gasteiger partial charge in [0.1, 0.15) is 0 Å². The molecule has 2 N–H and O–H groups in total. The van der Waals surface area contributed by atoms with Gasteiger partial charge in [0.15, 0.2) is 5.69 Å². The average molecular weight is 214 g/mol. The van der Waals surface area contributed by atoms with Gasteiger partial charge in [0, 0.05) is 11.6 Å². The Kier molecular flexibility index (Phi) is 3.34. The minimum Gasteiger partial charge on any atom is -0.204 e. The van der Waals surface area contributed by atoms with Crippen LogP contribution in [0.2, 0.25) is 0 Å². The fraction of sp³-hybridized carbons (Fsp3) is 0.143. The molecule has 0 amide bonds. The normalized spacial score (nSPS) is 10.4. The Morgan fingerprint density at radius 1 is 0.875 bits per heavy atom. The fourth-order valence-electron chi connectivity index (χ4n) is 1.85. The van der Waals surface area contributed by atoms with Crippen molar-refractivity contribution in [3.05, 3.63) is 54.1 Å². The van der Waals surface area contributed by atoms with E-state index in [9.17, 15) is 0 Å². The quantitative estimate of drug-likeness (QED) is 0.616. The molecule has 0 aliphatic carbocycles. The second kappa shape index (κ2) is 4.92. The SMILES string of the molecule is CO[NH2+]c1ccccc1-c1ccccc1C. The molecule has 0 aliphatic heterocycles. The highest BCUT2D eigenvalue weighted by Gasteiger charge is 2.09. The highest BCUT2D eigenvalue weighted by molar-refractivity contribution is 5.75. The van der Waals surface area contributed by atoms with Crippen LogP contribution in [0.3, 0.4) is 0 Å². The molecule has 0 saturated carbocycles. The topological polar surface area (TPSA) is 25.8 Å². The van der Waals surface area contributed by atoms with Crippen LogP contribution in [-0.4, -0.2) is 7.11 Å². The molecule has 0 heterocycles. The third-order valence-corrected chi connectivity index (χ3v) is 2.64. The summed E-state index contributed by atoms with van der Waals surface area (Å²) in [5, 5.41) is 0. The molecule has 0 unspecified atom stereocenters. The van der Waals surface area contributed by atoms with Gasteiger partial charge in [-0.3, -0.25) is 0 Å². The van der Waals surface area contributed by atoms with Gasteiger partial charge in [0.25, 0.3) is 0 Å². The van der Waals surface area contributed by atoms with Crippen molar-refractivity contribution in [2.45, 2.75) is 6.92 Å². The van der Waals surface area contributed by atoms with E-state index in [1.54, 1.807) is 12.6 Å². The number of quaternary nitrogens is 1. The maximum atomic E-state index is 5.10. The van der Waals surface area contributed by atoms with Gasteiger partial charge in [-0.1, -0.05) is 36.4 Å². The molecule has 0 aliphatic rings. The molecule has 0 spiro atoms. The van der Waals surface area contributed by atoms with E-state index >= 15 is 0 Å². The molecule has 0 bridgehead atoms. The standard InChI is InChI=1S/C14H15NO/c1-11-7-3-4-8-12(11)13-9-5-6-10-14(13)15-16-2/h3-10,15H,1-2H3/p+1. The summed E-state index contributed by atoms with van der Waals surface area (Å²) in [7, 11) is 1.68. The highest BCUT2D eigenvalue weighted by atomic mass is 16.6. The zero-order chi connectivity index (χ0) is 11.4. The molecule has 0 saturated heterocycles. The van der Waals surface area contributed by atoms with Crippen LogP contribution in [0.5, 0.6) is 0 Å². The summed E-state index contributed by atoms with van der Waals surface area (Å²) in [5.74, 6) is 0. The van der Waals surface area contributed by atoms with E-state index in [1.165, 1.54) is 16.7 Å². The molecular formula is C14H16NO+. The fourth-order valence-corrected chi connectivity index (χ4v) is 1.85. The number of nitrogens with two attached hydrogens (primary N) is 1. The van der Waals surface area contributed by atoms with Crippen LogP contribution in [0.25, 0.3) is 11.1 Å². The number of hydrogen-bond acceptors (Lipinski definition) is 1. The lowest BCUT2D eigenvalue weighted by atomic mass is 9.99. The molecule has 2 aromatic carbocycles. The Labute approximate surface area is 95.8 Å². The van der Waals surface area contributed by atoms with Gasteiger partial charge >= 0.3 is 0 Å². The molecule has 2 nitrogen and oxygen atoms in total. The van der Waals surface area contributed by atoms with Gasteiger partial charge in [-0.2, -0.15) is 5.48 Å². The van der Waals surface area contributed by atoms with Crippen LogP contribution in [0.1, 0.15) is 5.56 Å². The van der Waals surface area contributed by atoms with Crippen LogP contribution in [0.4, 0.5) is 5.69 Å². The third kappa shape index (κ3) is 2.13. The highest BCUT2D eigenvalue weighted by Crippen LogP contribution is 2.27.